The van der Waals surface area contributed by atoms with E-state index in [4.69, 9.17) is 11.6 Å². The van der Waals surface area contributed by atoms with Crippen molar-refractivity contribution in [1.82, 2.24) is 15.5 Å². The second-order valence-electron chi connectivity index (χ2n) is 7.72. The summed E-state index contributed by atoms with van der Waals surface area (Å²) >= 11 is 6.10. The van der Waals surface area contributed by atoms with Crippen LogP contribution in [0.5, 0.6) is 0 Å². The topological polar surface area (TPSA) is 73.5 Å². The van der Waals surface area contributed by atoms with Gasteiger partial charge in [-0.3, -0.25) is 0 Å². The molecule has 1 aromatic carbocycles. The van der Waals surface area contributed by atoms with Crippen molar-refractivity contribution in [2.45, 2.75) is 51.4 Å². The Morgan fingerprint density at radius 3 is 2.37 bits per heavy atom. The SMILES string of the molecule is O=C(NCC1CCN(C(=O)Nc2ccccc2Cl)C1)N[C]1CCCCCCC1.[CH2].[CH2]. The molecule has 3 rings (SSSR count). The summed E-state index contributed by atoms with van der Waals surface area (Å²) in [5.41, 5.74) is 0.617. The molecule has 4 amide bonds. The fourth-order valence-electron chi connectivity index (χ4n) is 3.84. The van der Waals surface area contributed by atoms with Gasteiger partial charge in [0.05, 0.1) is 16.8 Å². The molecule has 165 valence electrons. The lowest BCUT2D eigenvalue weighted by Crippen LogP contribution is -2.41. The number of hydrogen-bond donors (Lipinski definition) is 3. The van der Waals surface area contributed by atoms with E-state index in [0.717, 1.165) is 38.1 Å². The van der Waals surface area contributed by atoms with Crippen molar-refractivity contribution >= 4 is 29.4 Å². The third kappa shape index (κ3) is 8.05. The van der Waals surface area contributed by atoms with Gasteiger partial charge >= 0.3 is 12.1 Å². The maximum Gasteiger partial charge on any atom is 0.321 e. The van der Waals surface area contributed by atoms with Crippen LogP contribution < -0.4 is 16.0 Å². The van der Waals surface area contributed by atoms with E-state index in [1.165, 1.54) is 19.3 Å². The molecule has 3 N–H and O–H groups in total. The zero-order chi connectivity index (χ0) is 19.8. The molecule has 1 unspecified atom stereocenters. The number of rotatable bonds is 4. The first-order valence-corrected chi connectivity index (χ1v) is 10.7. The minimum Gasteiger partial charge on any atom is -0.338 e. The van der Waals surface area contributed by atoms with Crippen molar-refractivity contribution in [3.63, 3.8) is 0 Å². The van der Waals surface area contributed by atoms with Gasteiger partial charge in [0.15, 0.2) is 0 Å². The molecule has 1 heterocycles. The van der Waals surface area contributed by atoms with E-state index in [0.29, 0.717) is 30.3 Å². The van der Waals surface area contributed by atoms with Crippen molar-refractivity contribution in [3.8, 4) is 0 Å². The molecular formula is C23H34ClN4O2. The molecule has 2 fully saturated rings. The highest BCUT2D eigenvalue weighted by Crippen LogP contribution is 2.23. The van der Waals surface area contributed by atoms with Crippen LogP contribution in [0.2, 0.25) is 5.02 Å². The van der Waals surface area contributed by atoms with Crippen LogP contribution in [0.1, 0.15) is 51.4 Å². The number of para-hydroxylation sites is 1. The molecule has 30 heavy (non-hydrogen) atoms. The van der Waals surface area contributed by atoms with E-state index >= 15 is 0 Å². The number of nitrogens with one attached hydrogen (secondary N) is 3. The van der Waals surface area contributed by atoms with Crippen LogP contribution in [-0.4, -0.2) is 36.6 Å². The second-order valence-corrected chi connectivity index (χ2v) is 8.12. The predicted molar refractivity (Wildman–Crippen MR) is 123 cm³/mol. The van der Waals surface area contributed by atoms with Gasteiger partial charge in [0.2, 0.25) is 0 Å². The Labute approximate surface area is 187 Å². The van der Waals surface area contributed by atoms with Crippen molar-refractivity contribution < 1.29 is 9.59 Å². The molecule has 2 aliphatic rings. The number of likely N-dealkylation sites (tertiary alicyclic amines) is 1. The average Bonchev–Trinajstić information content (AvgIpc) is 3.13. The molecule has 1 aromatic rings. The van der Waals surface area contributed by atoms with E-state index in [-0.39, 0.29) is 32.8 Å². The molecule has 0 bridgehead atoms. The number of anilines is 1. The number of hydrogen-bond acceptors (Lipinski definition) is 2. The fraction of sp³-hybridized carbons (Fsp3) is 0.522. The van der Waals surface area contributed by atoms with Crippen LogP contribution >= 0.6 is 11.6 Å². The van der Waals surface area contributed by atoms with Crippen LogP contribution in [0.4, 0.5) is 15.3 Å². The van der Waals surface area contributed by atoms with Gasteiger partial charge in [0.1, 0.15) is 0 Å². The van der Waals surface area contributed by atoms with Crippen LogP contribution in [0, 0.1) is 26.8 Å². The molecular weight excluding hydrogens is 400 g/mol. The largest absolute Gasteiger partial charge is 0.338 e. The summed E-state index contributed by atoms with van der Waals surface area (Å²) in [6, 6.07) is 8.09. The van der Waals surface area contributed by atoms with Crippen molar-refractivity contribution in [3.05, 3.63) is 50.2 Å². The Morgan fingerprint density at radius 2 is 1.67 bits per heavy atom. The highest BCUT2D eigenvalue weighted by atomic mass is 35.5. The van der Waals surface area contributed by atoms with Gasteiger partial charge < -0.3 is 20.9 Å². The molecule has 0 spiro atoms. The Hall–Kier alpha value is -1.95. The summed E-state index contributed by atoms with van der Waals surface area (Å²) in [6.07, 6.45) is 9.00. The monoisotopic (exact) mass is 433 g/mol. The minimum absolute atomic E-state index is 0. The van der Waals surface area contributed by atoms with Gasteiger partial charge in [-0.05, 0) is 37.3 Å². The molecule has 5 radical (unpaired) electrons. The molecule has 1 saturated carbocycles. The first-order chi connectivity index (χ1) is 13.6. The van der Waals surface area contributed by atoms with Gasteiger partial charge in [-0.15, -0.1) is 0 Å². The van der Waals surface area contributed by atoms with E-state index in [1.807, 2.05) is 12.1 Å². The minimum atomic E-state index is -0.148. The van der Waals surface area contributed by atoms with Crippen LogP contribution in [0.25, 0.3) is 0 Å². The third-order valence-corrected chi connectivity index (χ3v) is 5.82. The quantitative estimate of drug-likeness (QED) is 0.592. The van der Waals surface area contributed by atoms with Gasteiger partial charge in [-0.25, -0.2) is 9.59 Å². The molecule has 1 saturated heterocycles. The lowest BCUT2D eigenvalue weighted by atomic mass is 9.97. The number of carbonyl (C=O) groups excluding carboxylic acids is 2. The van der Waals surface area contributed by atoms with E-state index < -0.39 is 0 Å². The van der Waals surface area contributed by atoms with Crippen molar-refractivity contribution in [1.29, 1.82) is 0 Å². The number of benzene rings is 1. The summed E-state index contributed by atoms with van der Waals surface area (Å²) in [7, 11) is 0. The standard InChI is InChI=1S/C21H30ClN4O2.2CH2/c22-18-10-6-7-11-19(18)25-21(28)26-13-12-16(15-26)14-23-20(27)24-17-8-4-2-1-3-5-9-17;;/h6-7,10-11,16H,1-5,8-9,12-15H2,(H,25,28)(H2,23,24,27);2*1H2. The first kappa shape index (κ1) is 26.1. The lowest BCUT2D eigenvalue weighted by Gasteiger charge is -2.21. The number of halogens is 1. The summed E-state index contributed by atoms with van der Waals surface area (Å²) in [4.78, 5) is 26.4. The third-order valence-electron chi connectivity index (χ3n) is 5.49. The zero-order valence-electron chi connectivity index (χ0n) is 17.7. The smallest absolute Gasteiger partial charge is 0.321 e. The molecule has 7 heteroatoms. The maximum atomic E-state index is 12.4. The lowest BCUT2D eigenvalue weighted by molar-refractivity contribution is 0.220. The second kappa shape index (κ2) is 13.4. The Kier molecular flexibility index (Phi) is 11.6. The van der Waals surface area contributed by atoms with Crippen LogP contribution in [0.15, 0.2) is 24.3 Å². The van der Waals surface area contributed by atoms with Crippen molar-refractivity contribution in [2.75, 3.05) is 25.0 Å². The van der Waals surface area contributed by atoms with E-state index in [1.54, 1.807) is 17.0 Å². The highest BCUT2D eigenvalue weighted by molar-refractivity contribution is 6.33. The van der Waals surface area contributed by atoms with Crippen LogP contribution in [0.3, 0.4) is 0 Å². The van der Waals surface area contributed by atoms with Gasteiger partial charge in [0.25, 0.3) is 0 Å². The van der Waals surface area contributed by atoms with Gasteiger partial charge in [-0.2, -0.15) is 0 Å². The summed E-state index contributed by atoms with van der Waals surface area (Å²) in [6.45, 7) is 1.89. The normalized spacial score (nSPS) is 19.5. The number of urea groups is 2. The van der Waals surface area contributed by atoms with Crippen molar-refractivity contribution in [2.24, 2.45) is 5.92 Å². The first-order valence-electron chi connectivity index (χ1n) is 10.3. The molecule has 0 aromatic heterocycles. The van der Waals surface area contributed by atoms with Gasteiger partial charge in [0, 0.05) is 19.6 Å². The van der Waals surface area contributed by atoms with Crippen LogP contribution in [-0.2, 0) is 0 Å². The Morgan fingerprint density at radius 1 is 1.00 bits per heavy atom. The maximum absolute atomic E-state index is 12.4. The predicted octanol–water partition coefficient (Wildman–Crippen LogP) is 5.42. The average molecular weight is 434 g/mol. The summed E-state index contributed by atoms with van der Waals surface area (Å²) in [5.74, 6) is 0.269. The summed E-state index contributed by atoms with van der Waals surface area (Å²) < 4.78 is 0. The number of amides is 4. The van der Waals surface area contributed by atoms with Gasteiger partial charge in [-0.1, -0.05) is 70.7 Å². The Bertz CT molecular complexity index is 662. The summed E-state index contributed by atoms with van der Waals surface area (Å²) in [5, 5.41) is 9.40. The molecule has 1 aliphatic heterocycles. The molecule has 6 nitrogen and oxygen atoms in total. The highest BCUT2D eigenvalue weighted by Gasteiger charge is 2.27. The zero-order valence-corrected chi connectivity index (χ0v) is 18.5. The number of carbonyl (C=O) groups is 2. The molecule has 1 aliphatic carbocycles. The Balaban J connectivity index is 0.00000225. The molecule has 1 atom stereocenters. The van der Waals surface area contributed by atoms with E-state index in [9.17, 15) is 9.59 Å². The van der Waals surface area contributed by atoms with E-state index in [2.05, 4.69) is 16.0 Å². The number of nitrogens with zero attached hydrogens (tertiary/aromatic N) is 1. The fourth-order valence-corrected chi connectivity index (χ4v) is 4.02.